The summed E-state index contributed by atoms with van der Waals surface area (Å²) in [5, 5.41) is 6.69. The van der Waals surface area contributed by atoms with E-state index in [4.69, 9.17) is 4.74 Å². The van der Waals surface area contributed by atoms with E-state index in [1.807, 2.05) is 18.4 Å². The highest BCUT2D eigenvalue weighted by atomic mass is 32.1. The van der Waals surface area contributed by atoms with Crippen molar-refractivity contribution in [3.8, 4) is 11.5 Å². The first-order valence-electron chi connectivity index (χ1n) is 7.04. The molecule has 122 valence electrons. The van der Waals surface area contributed by atoms with E-state index < -0.39 is 11.6 Å². The van der Waals surface area contributed by atoms with E-state index in [1.54, 1.807) is 24.4 Å². The van der Waals surface area contributed by atoms with Gasteiger partial charge in [0.1, 0.15) is 23.1 Å². The number of hydrazone groups is 1. The van der Waals surface area contributed by atoms with Gasteiger partial charge < -0.3 is 4.74 Å². The first-order valence-corrected chi connectivity index (χ1v) is 7.92. The first-order chi connectivity index (χ1) is 11.6. The number of aryl methyl sites for hydroxylation is 1. The maximum absolute atomic E-state index is 13.3. The minimum absolute atomic E-state index is 0.0804. The SMILES string of the molecule is Cc1csc(NN=Cc2ccccc2Oc2cc(F)cc(F)c2)n1. The van der Waals surface area contributed by atoms with Crippen LogP contribution >= 0.6 is 11.3 Å². The largest absolute Gasteiger partial charge is 0.456 e. The van der Waals surface area contributed by atoms with Gasteiger partial charge in [-0.2, -0.15) is 5.10 Å². The van der Waals surface area contributed by atoms with Crippen molar-refractivity contribution < 1.29 is 13.5 Å². The minimum Gasteiger partial charge on any atom is -0.456 e. The summed E-state index contributed by atoms with van der Waals surface area (Å²) in [6, 6.07) is 10.1. The van der Waals surface area contributed by atoms with Crippen LogP contribution in [0.15, 0.2) is 52.9 Å². The van der Waals surface area contributed by atoms with Gasteiger partial charge in [0, 0.05) is 29.1 Å². The molecule has 24 heavy (non-hydrogen) atoms. The van der Waals surface area contributed by atoms with Crippen LogP contribution in [-0.2, 0) is 0 Å². The van der Waals surface area contributed by atoms with E-state index >= 15 is 0 Å². The van der Waals surface area contributed by atoms with Crippen molar-refractivity contribution in [1.29, 1.82) is 0 Å². The molecule has 2 aromatic carbocycles. The molecule has 0 unspecified atom stereocenters. The number of hydrogen-bond acceptors (Lipinski definition) is 5. The van der Waals surface area contributed by atoms with E-state index in [-0.39, 0.29) is 5.75 Å². The minimum atomic E-state index is -0.697. The molecule has 1 aromatic heterocycles. The Balaban J connectivity index is 1.77. The molecule has 0 amide bonds. The average Bonchev–Trinajstić information content (AvgIpc) is 2.93. The molecule has 1 N–H and O–H groups in total. The zero-order valence-electron chi connectivity index (χ0n) is 12.7. The van der Waals surface area contributed by atoms with Crippen molar-refractivity contribution in [3.05, 3.63) is 70.7 Å². The first kappa shape index (κ1) is 16.1. The summed E-state index contributed by atoms with van der Waals surface area (Å²) in [5.41, 5.74) is 4.39. The summed E-state index contributed by atoms with van der Waals surface area (Å²) >= 11 is 1.44. The molecule has 0 aliphatic heterocycles. The second-order valence-corrected chi connectivity index (χ2v) is 5.77. The Morgan fingerprint density at radius 2 is 1.92 bits per heavy atom. The van der Waals surface area contributed by atoms with Crippen molar-refractivity contribution >= 4 is 22.7 Å². The Morgan fingerprint density at radius 3 is 2.62 bits per heavy atom. The number of thiazole rings is 1. The molecule has 0 spiro atoms. The zero-order chi connectivity index (χ0) is 16.9. The summed E-state index contributed by atoms with van der Waals surface area (Å²) in [5.74, 6) is -0.880. The molecule has 3 rings (SSSR count). The third kappa shape index (κ3) is 4.14. The Kier molecular flexibility index (Phi) is 4.81. The van der Waals surface area contributed by atoms with E-state index in [2.05, 4.69) is 15.5 Å². The van der Waals surface area contributed by atoms with Crippen LogP contribution in [0.5, 0.6) is 11.5 Å². The van der Waals surface area contributed by atoms with Crippen LogP contribution < -0.4 is 10.2 Å². The van der Waals surface area contributed by atoms with Crippen LogP contribution in [0, 0.1) is 18.6 Å². The highest BCUT2D eigenvalue weighted by Gasteiger charge is 2.06. The fourth-order valence-electron chi connectivity index (χ4n) is 1.96. The fourth-order valence-corrected chi connectivity index (χ4v) is 2.59. The number of benzene rings is 2. The molecule has 0 aliphatic rings. The molecule has 0 fully saturated rings. The molecule has 4 nitrogen and oxygen atoms in total. The van der Waals surface area contributed by atoms with Crippen LogP contribution in [0.4, 0.5) is 13.9 Å². The van der Waals surface area contributed by atoms with E-state index in [9.17, 15) is 8.78 Å². The number of nitrogens with zero attached hydrogens (tertiary/aromatic N) is 2. The molecule has 7 heteroatoms. The molecule has 0 atom stereocenters. The van der Waals surface area contributed by atoms with Crippen molar-refractivity contribution in [2.24, 2.45) is 5.10 Å². The monoisotopic (exact) mass is 345 g/mol. The Morgan fingerprint density at radius 1 is 1.17 bits per heavy atom. The normalized spacial score (nSPS) is 11.0. The van der Waals surface area contributed by atoms with Gasteiger partial charge in [-0.05, 0) is 19.1 Å². The van der Waals surface area contributed by atoms with Crippen LogP contribution in [0.25, 0.3) is 0 Å². The number of ether oxygens (including phenoxy) is 1. The third-order valence-corrected chi connectivity index (χ3v) is 3.83. The third-order valence-electron chi connectivity index (χ3n) is 2.97. The zero-order valence-corrected chi connectivity index (χ0v) is 13.5. The van der Waals surface area contributed by atoms with Crippen LogP contribution in [0.1, 0.15) is 11.3 Å². The van der Waals surface area contributed by atoms with Gasteiger partial charge in [0.25, 0.3) is 0 Å². The number of rotatable bonds is 5. The van der Waals surface area contributed by atoms with Gasteiger partial charge >= 0.3 is 0 Å². The molecule has 3 aromatic rings. The summed E-state index contributed by atoms with van der Waals surface area (Å²) in [6.45, 7) is 1.90. The second-order valence-electron chi connectivity index (χ2n) is 4.91. The average molecular weight is 345 g/mol. The molecule has 0 saturated heterocycles. The molecule has 0 saturated carbocycles. The van der Waals surface area contributed by atoms with E-state index in [1.165, 1.54) is 11.3 Å². The number of anilines is 1. The molecule has 0 aliphatic carbocycles. The van der Waals surface area contributed by atoms with Crippen LogP contribution in [0.3, 0.4) is 0 Å². The number of nitrogens with one attached hydrogen (secondary N) is 1. The summed E-state index contributed by atoms with van der Waals surface area (Å²) in [7, 11) is 0. The number of halogens is 2. The van der Waals surface area contributed by atoms with E-state index in [0.717, 1.165) is 23.9 Å². The summed E-state index contributed by atoms with van der Waals surface area (Å²) in [6.07, 6.45) is 1.56. The Bertz CT molecular complexity index is 860. The van der Waals surface area contributed by atoms with Gasteiger partial charge in [-0.15, -0.1) is 11.3 Å². The summed E-state index contributed by atoms with van der Waals surface area (Å²) in [4.78, 5) is 4.23. The van der Waals surface area contributed by atoms with Gasteiger partial charge in [-0.25, -0.2) is 13.8 Å². The quantitative estimate of drug-likeness (QED) is 0.525. The van der Waals surface area contributed by atoms with Gasteiger partial charge in [0.15, 0.2) is 0 Å². The van der Waals surface area contributed by atoms with Gasteiger partial charge in [-0.3, -0.25) is 5.43 Å². The smallest absolute Gasteiger partial charge is 0.203 e. The Labute approximate surface area is 141 Å². The maximum atomic E-state index is 13.3. The lowest BCUT2D eigenvalue weighted by Crippen LogP contribution is -1.94. The van der Waals surface area contributed by atoms with Crippen molar-refractivity contribution in [2.75, 3.05) is 5.43 Å². The maximum Gasteiger partial charge on any atom is 0.203 e. The fraction of sp³-hybridized carbons (Fsp3) is 0.0588. The second kappa shape index (κ2) is 7.18. The topological polar surface area (TPSA) is 46.5 Å². The Hall–Kier alpha value is -2.80. The van der Waals surface area contributed by atoms with E-state index in [0.29, 0.717) is 16.4 Å². The predicted molar refractivity (Wildman–Crippen MR) is 90.9 cm³/mol. The van der Waals surface area contributed by atoms with Gasteiger partial charge in [-0.1, -0.05) is 12.1 Å². The number of hydrogen-bond donors (Lipinski definition) is 1. The standard InChI is InChI=1S/C17H13F2N3OS/c1-11-10-24-17(21-11)22-20-9-12-4-2-3-5-16(12)23-15-7-13(18)6-14(19)8-15/h2-10H,1H3,(H,21,22). The highest BCUT2D eigenvalue weighted by Crippen LogP contribution is 2.25. The molecule has 0 bridgehead atoms. The predicted octanol–water partition coefficient (Wildman–Crippen LogP) is 4.97. The molecular weight excluding hydrogens is 332 g/mol. The number of aromatic nitrogens is 1. The van der Waals surface area contributed by atoms with Gasteiger partial charge in [0.2, 0.25) is 5.13 Å². The molecule has 0 radical (unpaired) electrons. The van der Waals surface area contributed by atoms with Crippen molar-refractivity contribution in [2.45, 2.75) is 6.92 Å². The lowest BCUT2D eigenvalue weighted by Gasteiger charge is -2.08. The molecule has 1 heterocycles. The van der Waals surface area contributed by atoms with Crippen LogP contribution in [0.2, 0.25) is 0 Å². The summed E-state index contributed by atoms with van der Waals surface area (Å²) < 4.78 is 32.1. The van der Waals surface area contributed by atoms with Crippen LogP contribution in [-0.4, -0.2) is 11.2 Å². The lowest BCUT2D eigenvalue weighted by atomic mass is 10.2. The molecular formula is C17H13F2N3OS. The highest BCUT2D eigenvalue weighted by molar-refractivity contribution is 7.13. The van der Waals surface area contributed by atoms with Crippen molar-refractivity contribution in [3.63, 3.8) is 0 Å². The van der Waals surface area contributed by atoms with Gasteiger partial charge in [0.05, 0.1) is 11.9 Å². The lowest BCUT2D eigenvalue weighted by molar-refractivity contribution is 0.467. The number of para-hydroxylation sites is 1. The van der Waals surface area contributed by atoms with Crippen molar-refractivity contribution in [1.82, 2.24) is 4.98 Å².